The van der Waals surface area contributed by atoms with Crippen LogP contribution < -0.4 is 5.32 Å². The number of fused-ring (bicyclic) bond motifs is 1. The average Bonchev–Trinajstić information content (AvgIpc) is 2.91. The van der Waals surface area contributed by atoms with Crippen molar-refractivity contribution in [1.82, 2.24) is 14.8 Å². The fourth-order valence-corrected chi connectivity index (χ4v) is 2.72. The monoisotopic (exact) mass is 298 g/mol. The summed E-state index contributed by atoms with van der Waals surface area (Å²) in [6.45, 7) is 7.26. The molecule has 0 saturated carbocycles. The molecule has 5 nitrogen and oxygen atoms in total. The number of nitrogens with one attached hydrogen (secondary N) is 1. The quantitative estimate of drug-likeness (QED) is 0.926. The maximum atomic E-state index is 12.4. The van der Waals surface area contributed by atoms with E-state index in [0.717, 1.165) is 37.2 Å². The second-order valence-corrected chi connectivity index (χ2v) is 6.82. The minimum absolute atomic E-state index is 0.00779. The Balaban J connectivity index is 1.76. The predicted octanol–water partition coefficient (Wildman–Crippen LogP) is 3.16. The van der Waals surface area contributed by atoms with Crippen LogP contribution in [0.2, 0.25) is 0 Å². The highest BCUT2D eigenvalue weighted by molar-refractivity contribution is 6.04. The van der Waals surface area contributed by atoms with Gasteiger partial charge in [-0.2, -0.15) is 5.10 Å². The molecule has 5 heteroatoms. The number of hydrogen-bond acceptors (Lipinski definition) is 3. The second-order valence-electron chi connectivity index (χ2n) is 6.82. The summed E-state index contributed by atoms with van der Waals surface area (Å²) in [7, 11) is 0. The summed E-state index contributed by atoms with van der Waals surface area (Å²) in [6.07, 6.45) is 6.56. The van der Waals surface area contributed by atoms with Gasteiger partial charge in [-0.25, -0.2) is 0 Å². The van der Waals surface area contributed by atoms with Crippen molar-refractivity contribution in [2.45, 2.75) is 52.0 Å². The Bertz CT molecular complexity index is 680. The van der Waals surface area contributed by atoms with Gasteiger partial charge in [-0.15, -0.1) is 0 Å². The van der Waals surface area contributed by atoms with Gasteiger partial charge >= 0.3 is 0 Å². The van der Waals surface area contributed by atoms with E-state index in [4.69, 9.17) is 0 Å². The molecule has 0 spiro atoms. The molecular weight excluding hydrogens is 276 g/mol. The molecule has 2 aromatic rings. The van der Waals surface area contributed by atoms with Crippen LogP contribution in [0.5, 0.6) is 0 Å². The van der Waals surface area contributed by atoms with Crippen LogP contribution in [-0.2, 0) is 18.4 Å². The largest absolute Gasteiger partial charge is 0.320 e. The first-order valence-corrected chi connectivity index (χ1v) is 7.78. The molecule has 22 heavy (non-hydrogen) atoms. The van der Waals surface area contributed by atoms with Crippen LogP contribution in [-0.4, -0.2) is 20.7 Å². The molecule has 0 radical (unpaired) electrons. The summed E-state index contributed by atoms with van der Waals surface area (Å²) < 4.78 is 1.94. The van der Waals surface area contributed by atoms with Crippen LogP contribution in [0.25, 0.3) is 0 Å². The van der Waals surface area contributed by atoms with E-state index in [0.29, 0.717) is 11.3 Å². The Morgan fingerprint density at radius 2 is 2.05 bits per heavy atom. The van der Waals surface area contributed by atoms with E-state index in [1.165, 1.54) is 0 Å². The third kappa shape index (κ3) is 2.89. The van der Waals surface area contributed by atoms with Crippen LogP contribution in [0.1, 0.15) is 55.4 Å². The molecule has 0 unspecified atom stereocenters. The maximum Gasteiger partial charge on any atom is 0.259 e. The molecule has 0 bridgehead atoms. The van der Waals surface area contributed by atoms with Crippen molar-refractivity contribution in [2.24, 2.45) is 0 Å². The summed E-state index contributed by atoms with van der Waals surface area (Å²) in [5.41, 5.74) is 3.46. The van der Waals surface area contributed by atoms with E-state index in [1.54, 1.807) is 12.4 Å². The van der Waals surface area contributed by atoms with Gasteiger partial charge in [0.15, 0.2) is 0 Å². The fourth-order valence-electron chi connectivity index (χ4n) is 2.72. The number of amides is 1. The smallest absolute Gasteiger partial charge is 0.259 e. The molecule has 0 atom stereocenters. The van der Waals surface area contributed by atoms with Crippen molar-refractivity contribution in [2.75, 3.05) is 5.32 Å². The van der Waals surface area contributed by atoms with Crippen molar-refractivity contribution in [3.8, 4) is 0 Å². The molecule has 3 heterocycles. The van der Waals surface area contributed by atoms with Gasteiger partial charge in [0.2, 0.25) is 0 Å². The number of carbonyl (C=O) groups excluding carboxylic acids is 1. The zero-order chi connectivity index (χ0) is 15.7. The molecule has 2 aromatic heterocycles. The Labute approximate surface area is 130 Å². The number of nitrogens with zero attached hydrogens (tertiary/aromatic N) is 3. The maximum absolute atomic E-state index is 12.4. The van der Waals surface area contributed by atoms with E-state index < -0.39 is 0 Å². The first-order valence-electron chi connectivity index (χ1n) is 7.78. The van der Waals surface area contributed by atoms with Gasteiger partial charge in [0.25, 0.3) is 5.91 Å². The van der Waals surface area contributed by atoms with Gasteiger partial charge in [0, 0.05) is 17.7 Å². The van der Waals surface area contributed by atoms with Crippen LogP contribution in [0, 0.1) is 0 Å². The summed E-state index contributed by atoms with van der Waals surface area (Å²) in [6, 6.07) is 3.87. The van der Waals surface area contributed by atoms with Crippen molar-refractivity contribution in [3.05, 3.63) is 41.5 Å². The Morgan fingerprint density at radius 3 is 2.73 bits per heavy atom. The minimum atomic E-state index is -0.103. The third-order valence-corrected chi connectivity index (χ3v) is 4.02. The number of aromatic nitrogens is 3. The van der Waals surface area contributed by atoms with E-state index in [-0.39, 0.29) is 11.3 Å². The number of hydrogen-bond donors (Lipinski definition) is 1. The van der Waals surface area contributed by atoms with Crippen molar-refractivity contribution >= 4 is 11.6 Å². The van der Waals surface area contributed by atoms with Crippen LogP contribution in [0.4, 0.5) is 5.69 Å². The predicted molar refractivity (Wildman–Crippen MR) is 86.1 cm³/mol. The lowest BCUT2D eigenvalue weighted by molar-refractivity contribution is 0.102. The first kappa shape index (κ1) is 14.8. The van der Waals surface area contributed by atoms with E-state index in [9.17, 15) is 4.79 Å². The van der Waals surface area contributed by atoms with Crippen LogP contribution in [0.15, 0.2) is 24.5 Å². The standard InChI is InChI=1S/C17H22N4O/c1-17(2,3)15-8-7-12(10-18-15)20-16(22)13-11-19-21-9-5-4-6-14(13)21/h7-8,10-11H,4-6,9H2,1-3H3,(H,20,22). The lowest BCUT2D eigenvalue weighted by atomic mass is 9.92. The Hall–Kier alpha value is -2.17. The normalized spacial score (nSPS) is 14.5. The van der Waals surface area contributed by atoms with Gasteiger partial charge in [0.05, 0.1) is 29.3 Å². The zero-order valence-corrected chi connectivity index (χ0v) is 13.4. The van der Waals surface area contributed by atoms with Gasteiger partial charge in [0.1, 0.15) is 0 Å². The SMILES string of the molecule is CC(C)(C)c1ccc(NC(=O)c2cnn3c2CCCC3)cn1. The van der Waals surface area contributed by atoms with Crippen molar-refractivity contribution < 1.29 is 4.79 Å². The molecule has 116 valence electrons. The topological polar surface area (TPSA) is 59.8 Å². The third-order valence-electron chi connectivity index (χ3n) is 4.02. The molecule has 0 aromatic carbocycles. The molecule has 1 aliphatic heterocycles. The zero-order valence-electron chi connectivity index (χ0n) is 13.4. The molecule has 1 amide bonds. The number of pyridine rings is 1. The second kappa shape index (κ2) is 5.55. The molecular formula is C17H22N4O. The highest BCUT2D eigenvalue weighted by Crippen LogP contribution is 2.22. The summed E-state index contributed by atoms with van der Waals surface area (Å²) >= 11 is 0. The molecule has 1 N–H and O–H groups in total. The van der Waals surface area contributed by atoms with Gasteiger partial charge in [-0.1, -0.05) is 20.8 Å². The number of rotatable bonds is 2. The Morgan fingerprint density at radius 1 is 1.23 bits per heavy atom. The summed E-state index contributed by atoms with van der Waals surface area (Å²) in [5, 5.41) is 7.22. The molecule has 0 aliphatic carbocycles. The summed E-state index contributed by atoms with van der Waals surface area (Å²) in [5.74, 6) is -0.103. The summed E-state index contributed by atoms with van der Waals surface area (Å²) in [4.78, 5) is 16.9. The number of anilines is 1. The van der Waals surface area contributed by atoms with E-state index in [2.05, 4.69) is 36.2 Å². The minimum Gasteiger partial charge on any atom is -0.320 e. The van der Waals surface area contributed by atoms with E-state index >= 15 is 0 Å². The van der Waals surface area contributed by atoms with Crippen molar-refractivity contribution in [3.63, 3.8) is 0 Å². The first-order chi connectivity index (χ1) is 10.4. The highest BCUT2D eigenvalue weighted by atomic mass is 16.1. The molecule has 0 fully saturated rings. The number of carbonyl (C=O) groups is 1. The fraction of sp³-hybridized carbons (Fsp3) is 0.471. The van der Waals surface area contributed by atoms with Crippen LogP contribution in [0.3, 0.4) is 0 Å². The van der Waals surface area contributed by atoms with Gasteiger partial charge in [-0.05, 0) is 31.4 Å². The lowest BCUT2D eigenvalue weighted by Crippen LogP contribution is -2.18. The van der Waals surface area contributed by atoms with E-state index in [1.807, 2.05) is 16.8 Å². The molecule has 0 saturated heterocycles. The van der Waals surface area contributed by atoms with Crippen LogP contribution >= 0.6 is 0 Å². The highest BCUT2D eigenvalue weighted by Gasteiger charge is 2.20. The number of aryl methyl sites for hydroxylation is 1. The average molecular weight is 298 g/mol. The molecule has 1 aliphatic rings. The lowest BCUT2D eigenvalue weighted by Gasteiger charge is -2.18. The Kier molecular flexibility index (Phi) is 3.72. The van der Waals surface area contributed by atoms with Gasteiger partial charge < -0.3 is 5.32 Å². The van der Waals surface area contributed by atoms with Gasteiger partial charge in [-0.3, -0.25) is 14.5 Å². The van der Waals surface area contributed by atoms with Crippen molar-refractivity contribution in [1.29, 1.82) is 0 Å². The molecule has 3 rings (SSSR count).